The van der Waals surface area contributed by atoms with E-state index in [1.165, 1.54) is 20.3 Å². The molecule has 0 saturated heterocycles. The lowest BCUT2D eigenvalue weighted by molar-refractivity contribution is -0.159. The van der Waals surface area contributed by atoms with Crippen LogP contribution in [0.25, 0.3) is 0 Å². The van der Waals surface area contributed by atoms with Gasteiger partial charge >= 0.3 is 30.0 Å². The van der Waals surface area contributed by atoms with Crippen molar-refractivity contribution in [3.8, 4) is 0 Å². The van der Waals surface area contributed by atoms with Crippen molar-refractivity contribution in [1.29, 1.82) is 0 Å². The minimum absolute atomic E-state index is 0. The third kappa shape index (κ3) is 15.6. The summed E-state index contributed by atoms with van der Waals surface area (Å²) >= 11 is 8.28. The second-order valence-electron chi connectivity index (χ2n) is 17.4. The molecule has 0 radical (unpaired) electrons. The number of amides is 2. The van der Waals surface area contributed by atoms with Crippen LogP contribution in [-0.2, 0) is 49.3 Å². The van der Waals surface area contributed by atoms with Gasteiger partial charge in [0.2, 0.25) is 12.0 Å². The number of carboxylic acid groups (broad SMARTS) is 1. The second kappa shape index (κ2) is 23.4. The van der Waals surface area contributed by atoms with E-state index in [0.717, 1.165) is 40.3 Å². The van der Waals surface area contributed by atoms with Crippen LogP contribution in [0.5, 0.6) is 0 Å². The van der Waals surface area contributed by atoms with Crippen LogP contribution in [0.2, 0.25) is 0 Å². The zero-order valence-corrected chi connectivity index (χ0v) is 40.4. The number of esters is 3. The molecule has 2 amide bonds. The summed E-state index contributed by atoms with van der Waals surface area (Å²) in [6.07, 6.45) is 0.997. The lowest BCUT2D eigenvalue weighted by atomic mass is 10.0. The topological polar surface area (TPSA) is 219 Å². The van der Waals surface area contributed by atoms with E-state index >= 15 is 0 Å². The molecule has 2 saturated carbocycles. The largest absolute Gasteiger partial charge is 0.481 e. The second-order valence-corrected chi connectivity index (χ2v) is 20.0. The molecular formula is C47H57ClF2N3O11S2+. The van der Waals surface area contributed by atoms with Gasteiger partial charge in [0.05, 0.1) is 38.3 Å². The van der Waals surface area contributed by atoms with Crippen LogP contribution in [-0.4, -0.2) is 82.9 Å². The highest BCUT2D eigenvalue weighted by molar-refractivity contribution is 8.04. The first kappa shape index (κ1) is 54.9. The predicted octanol–water partition coefficient (Wildman–Crippen LogP) is 9.08. The number of carboxylic acids is 1. The zero-order valence-electron chi connectivity index (χ0n) is 38.0. The van der Waals surface area contributed by atoms with Gasteiger partial charge in [0, 0.05) is 29.6 Å². The first-order chi connectivity index (χ1) is 30.4. The molecule has 6 atom stereocenters. The van der Waals surface area contributed by atoms with E-state index in [4.69, 9.17) is 30.9 Å². The minimum Gasteiger partial charge on any atom is -0.481 e. The summed E-state index contributed by atoms with van der Waals surface area (Å²) in [4.78, 5) is 72.0. The third-order valence-corrected chi connectivity index (χ3v) is 12.3. The number of halogens is 3. The number of aliphatic carboxylic acids is 1. The molecule has 1 aliphatic heterocycles. The van der Waals surface area contributed by atoms with Crippen LogP contribution in [0.3, 0.4) is 0 Å². The van der Waals surface area contributed by atoms with Crippen molar-refractivity contribution >= 4 is 70.6 Å². The van der Waals surface area contributed by atoms with E-state index < -0.39 is 75.1 Å². The van der Waals surface area contributed by atoms with E-state index in [2.05, 4.69) is 20.8 Å². The standard InChI is InChI=1S/C23H27FN2O5S.C13H15FO4S.C11H11ClO2.H3N/c1-22(2,3)31-21(29)25-17(12-18-16(24)10-11-32-18)19(27)26-23(20(28)30-4)13-15(23)14-8-6-5-7-9-14;1-13(2,3)18-11(15)7-8(12(16)17)6-10-9(14)4-5-19-10;1-14-10(13)11(12)7-9(11)8-5-3-2-4-6-8;/h5-11,15,17H,12-13H2,1-4H3,(H,25,29)(H,26,27);4,8H,6-7H2,1-3H3;2-6,9H,7H2,1H3;1H3/p+1/t15?,17?,23-;;9?,11-;/m1.1./s1. The molecule has 3 aromatic rings. The van der Waals surface area contributed by atoms with Crippen molar-refractivity contribution in [2.24, 2.45) is 5.92 Å². The number of ether oxygens (including phenoxy) is 4. The monoisotopic (exact) mass is 976 g/mol. The number of carbonyl (C=O) groups excluding carboxylic acids is 5. The van der Waals surface area contributed by atoms with Crippen LogP contribution >= 0.6 is 34.7 Å². The number of thiophene rings is 1. The normalized spacial score (nSPS) is 21.0. The van der Waals surface area contributed by atoms with Gasteiger partial charge in [0.1, 0.15) is 38.4 Å². The molecule has 0 spiro atoms. The van der Waals surface area contributed by atoms with Crippen molar-refractivity contribution in [2.45, 2.75) is 113 Å². The minimum atomic E-state index is -1.24. The molecular weight excluding hydrogens is 920 g/mol. The average Bonchev–Trinajstić information content (AvgIpc) is 4.03. The maximum absolute atomic E-state index is 14.1. The number of benzene rings is 2. The Morgan fingerprint density at radius 1 is 0.833 bits per heavy atom. The number of methoxy groups -OCH3 is 2. The number of nitrogens with one attached hydrogen (secondary N) is 2. The summed E-state index contributed by atoms with van der Waals surface area (Å²) in [5.74, 6) is -5.34. The van der Waals surface area contributed by atoms with E-state index in [9.17, 15) is 37.5 Å². The van der Waals surface area contributed by atoms with Crippen LogP contribution in [0.15, 0.2) is 88.9 Å². The molecule has 66 heavy (non-hydrogen) atoms. The van der Waals surface area contributed by atoms with Gasteiger partial charge in [-0.15, -0.1) is 22.9 Å². The molecule has 0 bridgehead atoms. The van der Waals surface area contributed by atoms with E-state index in [1.54, 1.807) is 46.9 Å². The number of alkyl halides is 1. The highest BCUT2D eigenvalue weighted by atomic mass is 35.5. The highest BCUT2D eigenvalue weighted by Gasteiger charge is 2.63. The Kier molecular flexibility index (Phi) is 19.5. The molecule has 1 aromatic heterocycles. The quantitative estimate of drug-likeness (QED) is 0.0513. The number of hydrogen-bond donors (Lipinski definition) is 4. The van der Waals surface area contributed by atoms with Gasteiger partial charge in [-0.1, -0.05) is 65.1 Å². The SMILES string of the molecule is CC(C)(C)OC(=O)CC(CC1=C(F)C=[C+]S1)C(=O)O.COC(=O)[C@@]1(Cl)CC1c1ccccc1.COC(=O)[C@@]1(NC(=O)C(Cc2sccc2F)NC(=O)OC(C)(C)C)CC1c1ccccc1.N. The van der Waals surface area contributed by atoms with Gasteiger partial charge in [-0.05, 0) is 77.0 Å². The van der Waals surface area contributed by atoms with Crippen LogP contribution < -0.4 is 16.8 Å². The summed E-state index contributed by atoms with van der Waals surface area (Å²) < 4.78 is 47.3. The van der Waals surface area contributed by atoms with Crippen molar-refractivity contribution in [3.63, 3.8) is 0 Å². The highest BCUT2D eigenvalue weighted by Crippen LogP contribution is 2.57. The Bertz CT molecular complexity index is 2250. The van der Waals surface area contributed by atoms with Crippen LogP contribution in [0.1, 0.15) is 95.1 Å². The van der Waals surface area contributed by atoms with Crippen LogP contribution in [0, 0.1) is 17.1 Å². The number of hydrogen-bond acceptors (Lipinski definition) is 13. The summed E-state index contributed by atoms with van der Waals surface area (Å²) in [5, 5.41) is 18.5. The van der Waals surface area contributed by atoms with Gasteiger partial charge in [-0.2, -0.15) is 0 Å². The Balaban J connectivity index is 0.000000288. The fourth-order valence-electron chi connectivity index (χ4n) is 6.75. The number of alkyl carbamates (subject to hydrolysis) is 1. The summed E-state index contributed by atoms with van der Waals surface area (Å²) in [7, 11) is 2.63. The van der Waals surface area contributed by atoms with Gasteiger partial charge in [0.25, 0.3) is 5.83 Å². The Morgan fingerprint density at radius 3 is 1.86 bits per heavy atom. The lowest BCUT2D eigenvalue weighted by Gasteiger charge is -2.25. The molecule has 19 heteroatoms. The van der Waals surface area contributed by atoms with Crippen molar-refractivity contribution in [2.75, 3.05) is 14.2 Å². The fraction of sp³-hybridized carbons (Fsp3) is 0.447. The Hall–Kier alpha value is -5.39. The molecule has 2 aromatic carbocycles. The van der Waals surface area contributed by atoms with E-state index in [-0.39, 0.29) is 48.1 Å². The van der Waals surface area contributed by atoms with Crippen molar-refractivity contribution in [3.05, 3.63) is 116 Å². The molecule has 4 unspecified atom stereocenters. The summed E-state index contributed by atoms with van der Waals surface area (Å²) in [5.41, 5.74) is -0.689. The maximum Gasteiger partial charge on any atom is 0.408 e. The van der Waals surface area contributed by atoms with E-state index in [0.29, 0.717) is 17.7 Å². The van der Waals surface area contributed by atoms with E-state index in [1.807, 2.05) is 60.7 Å². The predicted molar refractivity (Wildman–Crippen MR) is 247 cm³/mol. The third-order valence-electron chi connectivity index (χ3n) is 10.0. The molecule has 3 aliphatic rings. The molecule has 2 fully saturated rings. The smallest absolute Gasteiger partial charge is 0.408 e. The van der Waals surface area contributed by atoms with Crippen molar-refractivity contribution < 1.29 is 61.6 Å². The molecule has 358 valence electrons. The first-order valence-electron chi connectivity index (χ1n) is 20.5. The number of carbonyl (C=O) groups is 6. The first-order valence-corrected chi connectivity index (χ1v) is 22.6. The Labute approximate surface area is 396 Å². The molecule has 14 nitrogen and oxygen atoms in total. The molecule has 6 rings (SSSR count). The lowest BCUT2D eigenvalue weighted by Crippen LogP contribution is -2.55. The number of allylic oxidation sites excluding steroid dienone is 3. The van der Waals surface area contributed by atoms with Crippen molar-refractivity contribution in [1.82, 2.24) is 16.8 Å². The average molecular weight is 978 g/mol. The fourth-order valence-corrected chi connectivity index (χ4v) is 8.64. The molecule has 2 heterocycles. The number of thioether (sulfide) groups is 1. The maximum atomic E-state index is 14.1. The van der Waals surface area contributed by atoms with Gasteiger partial charge < -0.3 is 40.8 Å². The number of rotatable bonds is 14. The van der Waals surface area contributed by atoms with Gasteiger partial charge in [-0.3, -0.25) is 19.2 Å². The zero-order chi connectivity index (χ0) is 48.3. The molecule has 6 N–H and O–H groups in total. The Morgan fingerprint density at radius 2 is 1.39 bits per heavy atom. The molecule has 2 aliphatic carbocycles. The van der Waals surface area contributed by atoms with Gasteiger partial charge in [-0.25, -0.2) is 14.0 Å². The summed E-state index contributed by atoms with van der Waals surface area (Å²) in [6, 6.07) is 19.3. The van der Waals surface area contributed by atoms with Gasteiger partial charge in [0.15, 0.2) is 5.41 Å². The summed E-state index contributed by atoms with van der Waals surface area (Å²) in [6.45, 7) is 10.2. The van der Waals surface area contributed by atoms with Crippen LogP contribution in [0.4, 0.5) is 13.6 Å².